The molecule has 0 amide bonds. The Labute approximate surface area is 288 Å². The van der Waals surface area contributed by atoms with Crippen LogP contribution in [0.4, 0.5) is 0 Å². The summed E-state index contributed by atoms with van der Waals surface area (Å²) in [6.45, 7) is 20.2. The first-order chi connectivity index (χ1) is 21.2. The van der Waals surface area contributed by atoms with Crippen LogP contribution in [0.2, 0.25) is 0 Å². The minimum absolute atomic E-state index is 0. The largest absolute Gasteiger partial charge is 0.504 e. The van der Waals surface area contributed by atoms with Crippen LogP contribution in [0.3, 0.4) is 0 Å². The Morgan fingerprint density at radius 1 is 0.761 bits per heavy atom. The zero-order valence-corrected chi connectivity index (χ0v) is 30.4. The van der Waals surface area contributed by atoms with Gasteiger partial charge in [-0.3, -0.25) is 4.99 Å². The molecule has 0 aliphatic heterocycles. The average Bonchev–Trinajstić information content (AvgIpc) is 2.99. The van der Waals surface area contributed by atoms with Gasteiger partial charge in [0.15, 0.2) is 11.5 Å². The molecule has 0 aliphatic rings. The number of phenolic OH excluding ortho intramolecular Hbond substituents is 1. The minimum Gasteiger partial charge on any atom is -0.504 e. The number of aliphatic imine (C=N–C) groups is 1. The van der Waals surface area contributed by atoms with Gasteiger partial charge >= 0.3 is 0 Å². The van der Waals surface area contributed by atoms with Gasteiger partial charge in [0.1, 0.15) is 17.1 Å². The summed E-state index contributed by atoms with van der Waals surface area (Å²) in [7, 11) is 1.52. The van der Waals surface area contributed by atoms with E-state index in [2.05, 4.69) is 79.7 Å². The van der Waals surface area contributed by atoms with E-state index in [0.717, 1.165) is 36.8 Å². The molecule has 7 heteroatoms. The molecule has 2 N–H and O–H groups in total. The number of methoxy groups -OCH3 is 1. The van der Waals surface area contributed by atoms with Gasteiger partial charge in [-0.05, 0) is 78.1 Å². The molecule has 0 aliphatic carbocycles. The van der Waals surface area contributed by atoms with Crippen LogP contribution in [0, 0.1) is 0 Å². The number of unbranched alkanes of at least 4 members (excludes halogenated alkanes) is 2. The Morgan fingerprint density at radius 3 is 1.65 bits per heavy atom. The maximum absolute atomic E-state index is 13.4. The van der Waals surface area contributed by atoms with Crippen molar-refractivity contribution in [3.63, 3.8) is 0 Å². The number of hydrogen-bond donors (Lipinski definition) is 2. The smallest absolute Gasteiger partial charge is 0.166 e. The molecule has 3 rings (SSSR count). The van der Waals surface area contributed by atoms with Crippen LogP contribution in [0.5, 0.6) is 23.0 Å². The maximum atomic E-state index is 13.4. The van der Waals surface area contributed by atoms with E-state index in [1.165, 1.54) is 7.11 Å². The van der Waals surface area contributed by atoms with E-state index in [-0.39, 0.29) is 33.6 Å². The first-order valence-electron chi connectivity index (χ1n) is 16.4. The van der Waals surface area contributed by atoms with Gasteiger partial charge in [-0.1, -0.05) is 86.4 Å². The predicted octanol–water partition coefficient (Wildman–Crippen LogP) is 9.09. The third-order valence-electron chi connectivity index (χ3n) is 8.32. The van der Waals surface area contributed by atoms with E-state index in [0.29, 0.717) is 47.2 Å². The molecule has 0 aromatic heterocycles. The molecule has 0 spiro atoms. The van der Waals surface area contributed by atoms with E-state index in [1.807, 2.05) is 19.1 Å². The summed E-state index contributed by atoms with van der Waals surface area (Å²) in [5.74, 6) is 1.59. The second-order valence-electron chi connectivity index (χ2n) is 13.9. The Hall–Kier alpha value is -2.99. The molecule has 3 aromatic carbocycles. The number of rotatable bonds is 14. The second-order valence-corrected chi connectivity index (χ2v) is 13.9. The number of aliphatic hydroxyl groups is 1. The molecule has 0 heterocycles. The molecular formula is C39H55CuNO5. The fourth-order valence-electron chi connectivity index (χ4n) is 5.20. The maximum Gasteiger partial charge on any atom is 0.166 e. The number of hydrogen-bond acceptors (Lipinski definition) is 6. The minimum atomic E-state index is -1.66. The van der Waals surface area contributed by atoms with Crippen molar-refractivity contribution in [2.45, 2.75) is 110 Å². The molecule has 46 heavy (non-hydrogen) atoms. The van der Waals surface area contributed by atoms with Gasteiger partial charge in [0.2, 0.25) is 0 Å². The molecule has 257 valence electrons. The number of nitrogens with zero attached hydrogens (tertiary/aromatic N) is 1. The summed E-state index contributed by atoms with van der Waals surface area (Å²) >= 11 is 0. The third kappa shape index (κ3) is 9.30. The van der Waals surface area contributed by atoms with E-state index >= 15 is 0 Å². The summed E-state index contributed by atoms with van der Waals surface area (Å²) in [6.07, 6.45) is 5.38. The summed E-state index contributed by atoms with van der Waals surface area (Å²) in [6, 6.07) is 16.8. The van der Waals surface area contributed by atoms with Crippen molar-refractivity contribution < 1.29 is 41.5 Å². The van der Waals surface area contributed by atoms with Crippen LogP contribution < -0.4 is 14.2 Å². The van der Waals surface area contributed by atoms with Crippen LogP contribution in [0.25, 0.3) is 0 Å². The normalized spacial score (nSPS) is 12.9. The van der Waals surface area contributed by atoms with Gasteiger partial charge in [0, 0.05) is 40.0 Å². The summed E-state index contributed by atoms with van der Waals surface area (Å²) < 4.78 is 18.1. The Morgan fingerprint density at radius 2 is 1.24 bits per heavy atom. The molecule has 3 aromatic rings. The summed E-state index contributed by atoms with van der Waals surface area (Å²) in [5, 5.41) is 24.2. The number of para-hydroxylation sites is 1. The first kappa shape index (κ1) is 39.2. The van der Waals surface area contributed by atoms with Gasteiger partial charge in [-0.25, -0.2) is 0 Å². The van der Waals surface area contributed by atoms with Crippen molar-refractivity contribution in [3.05, 3.63) is 82.4 Å². The van der Waals surface area contributed by atoms with Crippen molar-refractivity contribution in [1.29, 1.82) is 0 Å². The van der Waals surface area contributed by atoms with Crippen LogP contribution in [-0.4, -0.2) is 42.8 Å². The average molecular weight is 681 g/mol. The predicted molar refractivity (Wildman–Crippen MR) is 186 cm³/mol. The summed E-state index contributed by atoms with van der Waals surface area (Å²) in [4.78, 5) is 4.91. The zero-order valence-electron chi connectivity index (χ0n) is 29.5. The van der Waals surface area contributed by atoms with Gasteiger partial charge in [0.25, 0.3) is 0 Å². The van der Waals surface area contributed by atoms with E-state index in [1.54, 1.807) is 24.4 Å². The third-order valence-corrected chi connectivity index (χ3v) is 8.32. The molecular weight excluding hydrogens is 626 g/mol. The van der Waals surface area contributed by atoms with Crippen molar-refractivity contribution in [1.82, 2.24) is 0 Å². The fraction of sp³-hybridized carbons (Fsp3) is 0.513. The Kier molecular flexibility index (Phi) is 14.2. The van der Waals surface area contributed by atoms with Crippen molar-refractivity contribution in [2.75, 3.05) is 20.3 Å². The van der Waals surface area contributed by atoms with Crippen molar-refractivity contribution in [2.24, 2.45) is 4.99 Å². The van der Waals surface area contributed by atoms with Gasteiger partial charge in [-0.2, -0.15) is 0 Å². The topological polar surface area (TPSA) is 80.5 Å². The molecule has 0 bridgehead atoms. The van der Waals surface area contributed by atoms with Gasteiger partial charge < -0.3 is 24.4 Å². The van der Waals surface area contributed by atoms with E-state index in [9.17, 15) is 10.2 Å². The molecule has 1 radical (unpaired) electrons. The summed E-state index contributed by atoms with van der Waals surface area (Å²) in [5.41, 5.74) is 1.90. The van der Waals surface area contributed by atoms with Crippen molar-refractivity contribution >= 4 is 6.21 Å². The zero-order chi connectivity index (χ0) is 33.4. The van der Waals surface area contributed by atoms with Crippen molar-refractivity contribution in [3.8, 4) is 23.0 Å². The van der Waals surface area contributed by atoms with E-state index < -0.39 is 11.6 Å². The molecule has 0 fully saturated rings. The van der Waals surface area contributed by atoms with Crippen LogP contribution in [0.1, 0.15) is 116 Å². The monoisotopic (exact) mass is 680 g/mol. The number of aromatic hydroxyl groups is 1. The Balaban J connectivity index is 0.00000736. The quantitative estimate of drug-likeness (QED) is 0.101. The van der Waals surface area contributed by atoms with Gasteiger partial charge in [0.05, 0.1) is 26.4 Å². The molecule has 0 saturated carbocycles. The van der Waals surface area contributed by atoms with Crippen LogP contribution in [-0.2, 0) is 33.5 Å². The molecule has 1 atom stereocenters. The van der Waals surface area contributed by atoms with Gasteiger partial charge in [-0.15, -0.1) is 0 Å². The van der Waals surface area contributed by atoms with Crippen LogP contribution >= 0.6 is 0 Å². The standard InChI is InChI=1S/C39H55NO5.Cu/c1-11-13-22-44-33-20-18-29(37(4,5)6)24-31(33)39(42,27(3)40-26-28-16-15-17-35(43-10)36(28)41)32-25-30(38(7,8)9)19-21-34(32)45-23-14-12-2;/h15-21,24-27,41-42H,11-14,22-23H2,1-10H3;/t27-;/m1./s1. The molecule has 0 saturated heterocycles. The number of phenols is 1. The van der Waals surface area contributed by atoms with E-state index in [4.69, 9.17) is 19.2 Å². The second kappa shape index (κ2) is 16.7. The number of benzene rings is 3. The fourth-order valence-corrected chi connectivity index (χ4v) is 5.20. The SMILES string of the molecule is CCCCOc1ccc(C(C)(C)C)cc1C(O)(c1cc(C(C)(C)C)ccc1OCCCC)[C@@H](C)N=Cc1cccc(OC)c1O.[Cu]. The molecule has 0 unspecified atom stereocenters. The van der Waals surface area contributed by atoms with Crippen LogP contribution in [0.15, 0.2) is 59.6 Å². The first-order valence-corrected chi connectivity index (χ1v) is 16.4. The molecule has 6 nitrogen and oxygen atoms in total. The Bertz CT molecular complexity index is 1370. The number of ether oxygens (including phenoxy) is 3.